The predicted molar refractivity (Wildman–Crippen MR) is 74.1 cm³/mol. The normalized spacial score (nSPS) is 19.4. The number of halogens is 6. The highest BCUT2D eigenvalue weighted by Crippen LogP contribution is 2.47. The first kappa shape index (κ1) is 17.4. The summed E-state index contributed by atoms with van der Waals surface area (Å²) >= 11 is 0. The molecular weight excluding hydrogens is 350 g/mol. The van der Waals surface area contributed by atoms with Gasteiger partial charge in [0.25, 0.3) is 5.92 Å². The van der Waals surface area contributed by atoms with Gasteiger partial charge < -0.3 is 9.67 Å². The summed E-state index contributed by atoms with van der Waals surface area (Å²) in [6.45, 7) is -0.483. The van der Waals surface area contributed by atoms with Crippen molar-refractivity contribution in [1.29, 1.82) is 5.26 Å². The van der Waals surface area contributed by atoms with Crippen LogP contribution in [0.3, 0.4) is 0 Å². The molecular formula is C16H10F6N2O. The van der Waals surface area contributed by atoms with Crippen LogP contribution in [0.25, 0.3) is 11.3 Å². The first-order valence-electron chi connectivity index (χ1n) is 7.12. The quantitative estimate of drug-likeness (QED) is 0.773. The Morgan fingerprint density at radius 1 is 1.20 bits per heavy atom. The molecule has 1 N–H and O–H groups in total. The molecule has 0 radical (unpaired) electrons. The number of aromatic nitrogens is 1. The van der Waals surface area contributed by atoms with Crippen molar-refractivity contribution < 1.29 is 31.4 Å². The number of alkyl halides is 5. The van der Waals surface area contributed by atoms with E-state index in [-0.39, 0.29) is 16.8 Å². The smallest absolute Gasteiger partial charge is 0.381 e. The Bertz CT molecular complexity index is 878. The largest absolute Gasteiger partial charge is 0.418 e. The molecule has 2 aromatic rings. The highest BCUT2D eigenvalue weighted by atomic mass is 19.4. The molecule has 1 aromatic carbocycles. The van der Waals surface area contributed by atoms with E-state index in [1.807, 2.05) is 0 Å². The Hall–Kier alpha value is -2.47. The van der Waals surface area contributed by atoms with Crippen molar-refractivity contribution in [3.05, 3.63) is 46.9 Å². The summed E-state index contributed by atoms with van der Waals surface area (Å²) in [5.41, 5.74) is -2.74. The third-order valence-electron chi connectivity index (χ3n) is 4.09. The van der Waals surface area contributed by atoms with Crippen LogP contribution in [0.1, 0.15) is 29.3 Å². The van der Waals surface area contributed by atoms with Crippen molar-refractivity contribution in [1.82, 2.24) is 4.57 Å². The van der Waals surface area contributed by atoms with Crippen LogP contribution in [0, 0.1) is 17.1 Å². The van der Waals surface area contributed by atoms with Crippen molar-refractivity contribution in [2.24, 2.45) is 0 Å². The summed E-state index contributed by atoms with van der Waals surface area (Å²) in [6, 6.07) is 5.23. The van der Waals surface area contributed by atoms with Crippen LogP contribution < -0.4 is 0 Å². The van der Waals surface area contributed by atoms with Gasteiger partial charge in [-0.15, -0.1) is 0 Å². The number of nitriles is 1. The van der Waals surface area contributed by atoms with Gasteiger partial charge in [0.15, 0.2) is 6.10 Å². The van der Waals surface area contributed by atoms with Gasteiger partial charge in [0, 0.05) is 24.2 Å². The number of rotatable bonds is 1. The van der Waals surface area contributed by atoms with Crippen molar-refractivity contribution in [3.63, 3.8) is 0 Å². The second-order valence-electron chi connectivity index (χ2n) is 5.73. The molecule has 0 spiro atoms. The Kier molecular flexibility index (Phi) is 3.84. The van der Waals surface area contributed by atoms with E-state index in [1.165, 1.54) is 0 Å². The minimum Gasteiger partial charge on any atom is -0.381 e. The van der Waals surface area contributed by atoms with E-state index in [9.17, 15) is 31.4 Å². The van der Waals surface area contributed by atoms with E-state index >= 15 is 0 Å². The third kappa shape index (κ3) is 2.87. The lowest BCUT2D eigenvalue weighted by Gasteiger charge is -2.31. The molecule has 132 valence electrons. The standard InChI is InChI=1S/C16H10F6N2O/c17-10-4-8(7-23)3-9(5-10)12-6-11(16(20,21)22)13-14(25)15(18,19)1-2-24(12)13/h3-6,14,25H,1-2H2. The molecule has 0 fully saturated rings. The average Bonchev–Trinajstić information content (AvgIpc) is 2.90. The number of fused-ring (bicyclic) bond motifs is 1. The second kappa shape index (κ2) is 5.52. The molecule has 0 amide bonds. The van der Waals surface area contributed by atoms with Gasteiger partial charge in [-0.2, -0.15) is 18.4 Å². The van der Waals surface area contributed by atoms with E-state index in [1.54, 1.807) is 6.07 Å². The minimum absolute atomic E-state index is 0.0642. The van der Waals surface area contributed by atoms with E-state index in [2.05, 4.69) is 0 Å². The summed E-state index contributed by atoms with van der Waals surface area (Å²) in [6.07, 6.45) is -8.47. The third-order valence-corrected chi connectivity index (χ3v) is 4.09. The van der Waals surface area contributed by atoms with Crippen LogP contribution in [0.15, 0.2) is 24.3 Å². The maximum atomic E-state index is 13.7. The number of hydrogen-bond donors (Lipinski definition) is 1. The van der Waals surface area contributed by atoms with Crippen molar-refractivity contribution in [3.8, 4) is 17.3 Å². The Balaban J connectivity index is 2.28. The Labute approximate surface area is 137 Å². The Morgan fingerprint density at radius 3 is 2.48 bits per heavy atom. The fourth-order valence-corrected chi connectivity index (χ4v) is 2.97. The first-order valence-corrected chi connectivity index (χ1v) is 7.12. The summed E-state index contributed by atoms with van der Waals surface area (Å²) in [5.74, 6) is -4.55. The molecule has 0 saturated carbocycles. The maximum Gasteiger partial charge on any atom is 0.418 e. The van der Waals surface area contributed by atoms with Gasteiger partial charge in [-0.25, -0.2) is 13.2 Å². The van der Waals surface area contributed by atoms with Gasteiger partial charge in [-0.3, -0.25) is 0 Å². The van der Waals surface area contributed by atoms with Gasteiger partial charge in [0.05, 0.1) is 22.9 Å². The molecule has 1 aliphatic heterocycles. The maximum absolute atomic E-state index is 13.7. The highest BCUT2D eigenvalue weighted by molar-refractivity contribution is 5.65. The van der Waals surface area contributed by atoms with Crippen molar-refractivity contribution in [2.45, 2.75) is 31.2 Å². The van der Waals surface area contributed by atoms with Crippen molar-refractivity contribution >= 4 is 0 Å². The van der Waals surface area contributed by atoms with Crippen LogP contribution in [0.5, 0.6) is 0 Å². The highest BCUT2D eigenvalue weighted by Gasteiger charge is 2.50. The molecule has 3 nitrogen and oxygen atoms in total. The second-order valence-corrected chi connectivity index (χ2v) is 5.73. The molecule has 9 heteroatoms. The van der Waals surface area contributed by atoms with E-state index in [4.69, 9.17) is 5.26 Å². The monoisotopic (exact) mass is 360 g/mol. The first-order chi connectivity index (χ1) is 11.5. The van der Waals surface area contributed by atoms with Crippen LogP contribution in [-0.4, -0.2) is 15.6 Å². The summed E-state index contributed by atoms with van der Waals surface area (Å²) < 4.78 is 81.7. The van der Waals surface area contributed by atoms with E-state index < -0.39 is 48.2 Å². The number of hydrogen-bond acceptors (Lipinski definition) is 2. The fourth-order valence-electron chi connectivity index (χ4n) is 2.97. The van der Waals surface area contributed by atoms with Crippen LogP contribution in [0.2, 0.25) is 0 Å². The minimum atomic E-state index is -4.98. The van der Waals surface area contributed by atoms with Crippen LogP contribution in [0.4, 0.5) is 26.3 Å². The number of benzene rings is 1. The van der Waals surface area contributed by atoms with Crippen LogP contribution in [-0.2, 0) is 12.7 Å². The molecule has 1 atom stereocenters. The lowest BCUT2D eigenvalue weighted by molar-refractivity contribution is -0.152. The number of aliphatic hydroxyl groups is 1. The SMILES string of the molecule is N#Cc1cc(F)cc(-c2cc(C(F)(F)F)c3n2CCC(F)(F)C3O)c1. The number of aliphatic hydroxyl groups excluding tert-OH is 1. The predicted octanol–water partition coefficient (Wildman–Crippen LogP) is 4.26. The lowest BCUT2D eigenvalue weighted by Crippen LogP contribution is -2.36. The van der Waals surface area contributed by atoms with Crippen molar-refractivity contribution in [2.75, 3.05) is 0 Å². The summed E-state index contributed by atoms with van der Waals surface area (Å²) in [4.78, 5) is 0. The summed E-state index contributed by atoms with van der Waals surface area (Å²) in [7, 11) is 0. The molecule has 3 rings (SSSR count). The molecule has 0 saturated heterocycles. The molecule has 0 aliphatic carbocycles. The zero-order chi connectivity index (χ0) is 18.6. The molecule has 1 aromatic heterocycles. The average molecular weight is 360 g/mol. The van der Waals surface area contributed by atoms with E-state index in [0.717, 1.165) is 22.8 Å². The van der Waals surface area contributed by atoms with Gasteiger partial charge in [-0.1, -0.05) is 0 Å². The van der Waals surface area contributed by atoms with Gasteiger partial charge in [0.2, 0.25) is 0 Å². The molecule has 1 unspecified atom stereocenters. The zero-order valence-electron chi connectivity index (χ0n) is 12.4. The molecule has 2 heterocycles. The molecule has 0 bridgehead atoms. The van der Waals surface area contributed by atoms with E-state index in [0.29, 0.717) is 6.07 Å². The van der Waals surface area contributed by atoms with Gasteiger partial charge >= 0.3 is 6.18 Å². The fraction of sp³-hybridized carbons (Fsp3) is 0.312. The Morgan fingerprint density at radius 2 is 1.88 bits per heavy atom. The zero-order valence-corrected chi connectivity index (χ0v) is 12.4. The lowest BCUT2D eigenvalue weighted by atomic mass is 9.99. The van der Waals surface area contributed by atoms with Gasteiger partial charge in [0.1, 0.15) is 5.82 Å². The molecule has 1 aliphatic rings. The summed E-state index contributed by atoms with van der Waals surface area (Å²) in [5, 5.41) is 18.6. The van der Waals surface area contributed by atoms with Crippen LogP contribution >= 0.6 is 0 Å². The molecule has 25 heavy (non-hydrogen) atoms. The number of nitrogens with zero attached hydrogens (tertiary/aromatic N) is 2. The van der Waals surface area contributed by atoms with Gasteiger partial charge in [-0.05, 0) is 24.3 Å². The topological polar surface area (TPSA) is 49.0 Å².